The molecule has 0 aliphatic heterocycles. The molecule has 0 atom stereocenters. The fourth-order valence-corrected chi connectivity index (χ4v) is 2.15. The first-order valence-electron chi connectivity index (χ1n) is 6.51. The predicted molar refractivity (Wildman–Crippen MR) is 82.1 cm³/mol. The normalized spacial score (nSPS) is 10.3. The minimum Gasteiger partial charge on any atom is -0.437 e. The van der Waals surface area contributed by atoms with Crippen molar-refractivity contribution in [1.29, 1.82) is 5.26 Å². The Balaban J connectivity index is 2.09. The van der Waals surface area contributed by atoms with E-state index in [1.807, 2.05) is 37.3 Å². The van der Waals surface area contributed by atoms with E-state index < -0.39 is 0 Å². The number of ether oxygens (including phenoxy) is 1. The number of nitrogens with zero attached hydrogens (tertiary/aromatic N) is 2. The smallest absolute Gasteiger partial charge is 0.237 e. The number of nitrogen functional groups attached to an aromatic ring is 1. The monoisotopic (exact) mass is 275 g/mol. The van der Waals surface area contributed by atoms with Gasteiger partial charge in [-0.1, -0.05) is 18.2 Å². The number of anilines is 1. The van der Waals surface area contributed by atoms with Crippen molar-refractivity contribution in [1.82, 2.24) is 4.98 Å². The van der Waals surface area contributed by atoms with Gasteiger partial charge in [0.25, 0.3) is 0 Å². The second kappa shape index (κ2) is 5.14. The lowest BCUT2D eigenvalue weighted by Gasteiger charge is -2.10. The van der Waals surface area contributed by atoms with Crippen molar-refractivity contribution in [2.45, 2.75) is 6.92 Å². The molecule has 1 aromatic heterocycles. The summed E-state index contributed by atoms with van der Waals surface area (Å²) in [5.41, 5.74) is 8.50. The zero-order valence-electron chi connectivity index (χ0n) is 11.5. The maximum Gasteiger partial charge on any atom is 0.237 e. The Labute approximate surface area is 122 Å². The molecule has 0 spiro atoms. The van der Waals surface area contributed by atoms with Crippen molar-refractivity contribution in [2.24, 2.45) is 0 Å². The first-order valence-corrected chi connectivity index (χ1v) is 6.51. The van der Waals surface area contributed by atoms with Crippen LogP contribution in [-0.4, -0.2) is 4.98 Å². The van der Waals surface area contributed by atoms with Crippen LogP contribution < -0.4 is 10.5 Å². The highest BCUT2D eigenvalue weighted by molar-refractivity contribution is 5.81. The molecular formula is C17H13N3O. The SMILES string of the molecule is Cc1cc(N)ccc1Oc1nc2ccccc2cc1C#N. The summed E-state index contributed by atoms with van der Waals surface area (Å²) in [6.07, 6.45) is 0. The fourth-order valence-electron chi connectivity index (χ4n) is 2.15. The third-order valence-corrected chi connectivity index (χ3v) is 3.22. The van der Waals surface area contributed by atoms with E-state index in [1.165, 1.54) is 0 Å². The highest BCUT2D eigenvalue weighted by Crippen LogP contribution is 2.29. The molecule has 1 heterocycles. The van der Waals surface area contributed by atoms with E-state index in [4.69, 9.17) is 10.5 Å². The Morgan fingerprint density at radius 2 is 1.95 bits per heavy atom. The molecule has 0 unspecified atom stereocenters. The summed E-state index contributed by atoms with van der Waals surface area (Å²) in [5, 5.41) is 10.2. The zero-order chi connectivity index (χ0) is 14.8. The Morgan fingerprint density at radius 1 is 1.14 bits per heavy atom. The fraction of sp³-hybridized carbons (Fsp3) is 0.0588. The number of nitrogens with two attached hydrogens (primary N) is 1. The molecule has 0 bridgehead atoms. The number of aromatic nitrogens is 1. The van der Waals surface area contributed by atoms with Gasteiger partial charge in [0.15, 0.2) is 0 Å². The molecule has 3 rings (SSSR count). The summed E-state index contributed by atoms with van der Waals surface area (Å²) in [7, 11) is 0. The molecule has 0 saturated heterocycles. The summed E-state index contributed by atoms with van der Waals surface area (Å²) in [5.74, 6) is 0.951. The molecule has 102 valence electrons. The van der Waals surface area contributed by atoms with Gasteiger partial charge in [-0.3, -0.25) is 0 Å². The van der Waals surface area contributed by atoms with Gasteiger partial charge in [-0.2, -0.15) is 5.26 Å². The number of hydrogen-bond donors (Lipinski definition) is 1. The quantitative estimate of drug-likeness (QED) is 0.722. The van der Waals surface area contributed by atoms with E-state index in [0.717, 1.165) is 16.5 Å². The van der Waals surface area contributed by atoms with E-state index in [-0.39, 0.29) is 0 Å². The number of benzene rings is 2. The Kier molecular flexibility index (Phi) is 3.17. The third kappa shape index (κ3) is 2.49. The van der Waals surface area contributed by atoms with Crippen molar-refractivity contribution in [3.8, 4) is 17.7 Å². The number of para-hydroxylation sites is 1. The van der Waals surface area contributed by atoms with Gasteiger partial charge in [0.05, 0.1) is 5.52 Å². The minimum atomic E-state index is 0.309. The standard InChI is InChI=1S/C17H13N3O/c1-11-8-14(19)6-7-16(11)21-17-13(10-18)9-12-4-2-3-5-15(12)20-17/h2-9H,19H2,1H3. The maximum atomic E-state index is 9.28. The van der Waals surface area contributed by atoms with E-state index in [0.29, 0.717) is 22.9 Å². The lowest BCUT2D eigenvalue weighted by atomic mass is 10.1. The Morgan fingerprint density at radius 3 is 2.71 bits per heavy atom. The molecular weight excluding hydrogens is 262 g/mol. The van der Waals surface area contributed by atoms with Gasteiger partial charge in [-0.15, -0.1) is 0 Å². The van der Waals surface area contributed by atoms with Gasteiger partial charge in [0, 0.05) is 11.1 Å². The second-order valence-electron chi connectivity index (χ2n) is 4.77. The highest BCUT2D eigenvalue weighted by atomic mass is 16.5. The van der Waals surface area contributed by atoms with Crippen LogP contribution in [0.15, 0.2) is 48.5 Å². The average Bonchev–Trinajstić information content (AvgIpc) is 2.49. The molecule has 2 N–H and O–H groups in total. The lowest BCUT2D eigenvalue weighted by Crippen LogP contribution is -1.95. The molecule has 0 radical (unpaired) electrons. The van der Waals surface area contributed by atoms with Crippen LogP contribution in [0.25, 0.3) is 10.9 Å². The van der Waals surface area contributed by atoms with Gasteiger partial charge in [0.2, 0.25) is 5.88 Å². The molecule has 2 aromatic carbocycles. The molecule has 0 amide bonds. The Bertz CT molecular complexity index is 866. The zero-order valence-corrected chi connectivity index (χ0v) is 11.5. The average molecular weight is 275 g/mol. The minimum absolute atomic E-state index is 0.309. The molecule has 0 aliphatic rings. The second-order valence-corrected chi connectivity index (χ2v) is 4.77. The van der Waals surface area contributed by atoms with Crippen LogP contribution in [0.2, 0.25) is 0 Å². The van der Waals surface area contributed by atoms with E-state index in [1.54, 1.807) is 18.2 Å². The third-order valence-electron chi connectivity index (χ3n) is 3.22. The summed E-state index contributed by atoms with van der Waals surface area (Å²) in [6, 6.07) is 16.9. The Hall–Kier alpha value is -3.06. The molecule has 0 fully saturated rings. The number of rotatable bonds is 2. The van der Waals surface area contributed by atoms with Gasteiger partial charge in [-0.05, 0) is 42.8 Å². The van der Waals surface area contributed by atoms with Gasteiger partial charge >= 0.3 is 0 Å². The van der Waals surface area contributed by atoms with Crippen molar-refractivity contribution in [2.75, 3.05) is 5.73 Å². The number of nitriles is 1. The lowest BCUT2D eigenvalue weighted by molar-refractivity contribution is 0.460. The van der Waals surface area contributed by atoms with E-state index in [9.17, 15) is 5.26 Å². The number of aryl methyl sites for hydroxylation is 1. The van der Waals surface area contributed by atoms with Crippen LogP contribution in [-0.2, 0) is 0 Å². The highest BCUT2D eigenvalue weighted by Gasteiger charge is 2.10. The van der Waals surface area contributed by atoms with Crippen LogP contribution in [0.1, 0.15) is 11.1 Å². The number of fused-ring (bicyclic) bond motifs is 1. The molecule has 4 heteroatoms. The molecule has 0 saturated carbocycles. The summed E-state index contributed by atoms with van der Waals surface area (Å²) >= 11 is 0. The predicted octanol–water partition coefficient (Wildman–Crippen LogP) is 3.79. The van der Waals surface area contributed by atoms with Crippen LogP contribution in [0.4, 0.5) is 5.69 Å². The number of hydrogen-bond acceptors (Lipinski definition) is 4. The van der Waals surface area contributed by atoms with Crippen molar-refractivity contribution >= 4 is 16.6 Å². The maximum absolute atomic E-state index is 9.28. The van der Waals surface area contributed by atoms with Crippen molar-refractivity contribution in [3.63, 3.8) is 0 Å². The molecule has 21 heavy (non-hydrogen) atoms. The summed E-state index contributed by atoms with van der Waals surface area (Å²) < 4.78 is 5.81. The first kappa shape index (κ1) is 12.9. The van der Waals surface area contributed by atoms with Gasteiger partial charge < -0.3 is 10.5 Å². The number of pyridine rings is 1. The van der Waals surface area contributed by atoms with E-state index >= 15 is 0 Å². The van der Waals surface area contributed by atoms with Gasteiger partial charge in [0.1, 0.15) is 17.4 Å². The summed E-state index contributed by atoms with van der Waals surface area (Å²) in [4.78, 5) is 4.43. The first-order chi connectivity index (χ1) is 10.2. The van der Waals surface area contributed by atoms with Crippen LogP contribution in [0.5, 0.6) is 11.6 Å². The molecule has 3 aromatic rings. The topological polar surface area (TPSA) is 71.9 Å². The van der Waals surface area contributed by atoms with Gasteiger partial charge in [-0.25, -0.2) is 4.98 Å². The largest absolute Gasteiger partial charge is 0.437 e. The molecule has 4 nitrogen and oxygen atoms in total. The van der Waals surface area contributed by atoms with Crippen molar-refractivity contribution < 1.29 is 4.74 Å². The summed E-state index contributed by atoms with van der Waals surface area (Å²) in [6.45, 7) is 1.90. The van der Waals surface area contributed by atoms with E-state index in [2.05, 4.69) is 11.1 Å². The van der Waals surface area contributed by atoms with Crippen LogP contribution >= 0.6 is 0 Å². The van der Waals surface area contributed by atoms with Crippen molar-refractivity contribution in [3.05, 3.63) is 59.7 Å². The van der Waals surface area contributed by atoms with Crippen LogP contribution in [0.3, 0.4) is 0 Å². The van der Waals surface area contributed by atoms with Crippen LogP contribution in [0, 0.1) is 18.3 Å². The molecule has 0 aliphatic carbocycles.